The van der Waals surface area contributed by atoms with E-state index in [2.05, 4.69) is 15.6 Å². The Morgan fingerprint density at radius 2 is 1.97 bits per heavy atom. The number of halogens is 1. The van der Waals surface area contributed by atoms with Gasteiger partial charge in [0, 0.05) is 50.1 Å². The van der Waals surface area contributed by atoms with Gasteiger partial charge in [0.15, 0.2) is 0 Å². The monoisotopic (exact) mass is 487 g/mol. The number of hydrogen-bond acceptors (Lipinski definition) is 5. The summed E-state index contributed by atoms with van der Waals surface area (Å²) in [5.74, 6) is -1.14. The van der Waals surface area contributed by atoms with E-state index in [9.17, 15) is 18.8 Å². The van der Waals surface area contributed by atoms with Crippen LogP contribution in [0.25, 0.3) is 10.9 Å². The Balaban J connectivity index is 1.70. The molecule has 2 saturated heterocycles. The van der Waals surface area contributed by atoms with Crippen LogP contribution in [0, 0.1) is 5.82 Å². The first-order valence-electron chi connectivity index (χ1n) is 12.0. The van der Waals surface area contributed by atoms with E-state index in [0.717, 1.165) is 16.5 Å². The number of carbonyl (C=O) groups is 3. The standard InChI is InChI=1S/C25H34FN5O4/c1-13(27-4)24(33)29-22(14(2)35-5)25(34)30-9-8-21-23(30)19(12-31(21)15(3)32)18-11-28-20-7-6-16(26)10-17(18)20/h6-7,10-11,13-14,19,21-23,27-28H,8-9,12H2,1-5H3,(H,29,33). The van der Waals surface area contributed by atoms with Gasteiger partial charge in [-0.3, -0.25) is 14.4 Å². The number of aromatic nitrogens is 1. The molecule has 2 fully saturated rings. The van der Waals surface area contributed by atoms with Crippen LogP contribution in [0.2, 0.25) is 0 Å². The van der Waals surface area contributed by atoms with Crippen molar-refractivity contribution in [2.45, 2.75) is 63.4 Å². The zero-order valence-electron chi connectivity index (χ0n) is 20.8. The number of rotatable bonds is 7. The highest BCUT2D eigenvalue weighted by atomic mass is 19.1. The third kappa shape index (κ3) is 4.52. The molecule has 190 valence electrons. The lowest BCUT2D eigenvalue weighted by Crippen LogP contribution is -2.58. The molecule has 9 nitrogen and oxygen atoms in total. The van der Waals surface area contributed by atoms with Crippen molar-refractivity contribution in [2.24, 2.45) is 0 Å². The predicted octanol–water partition coefficient (Wildman–Crippen LogP) is 1.35. The van der Waals surface area contributed by atoms with E-state index in [-0.39, 0.29) is 41.5 Å². The SMILES string of the molecule is CNC(C)C(=O)NC(C(=O)N1CCC2C1C(c1c[nH]c3ccc(F)cc13)CN2C(C)=O)C(C)OC. The van der Waals surface area contributed by atoms with Crippen molar-refractivity contribution in [2.75, 3.05) is 27.2 Å². The number of amides is 3. The van der Waals surface area contributed by atoms with Crippen molar-refractivity contribution in [3.8, 4) is 0 Å². The maximum atomic E-state index is 14.1. The van der Waals surface area contributed by atoms with E-state index in [1.54, 1.807) is 31.9 Å². The highest BCUT2D eigenvalue weighted by molar-refractivity contribution is 5.91. The van der Waals surface area contributed by atoms with Crippen molar-refractivity contribution >= 4 is 28.6 Å². The molecule has 1 aromatic carbocycles. The molecule has 0 spiro atoms. The van der Waals surface area contributed by atoms with Gasteiger partial charge in [-0.25, -0.2) is 4.39 Å². The van der Waals surface area contributed by atoms with E-state index in [1.807, 2.05) is 11.1 Å². The molecule has 2 aromatic rings. The molecule has 6 unspecified atom stereocenters. The minimum atomic E-state index is -0.880. The van der Waals surface area contributed by atoms with Crippen LogP contribution in [0.3, 0.4) is 0 Å². The molecule has 0 aliphatic carbocycles. The normalized spacial score (nSPS) is 24.3. The van der Waals surface area contributed by atoms with Gasteiger partial charge >= 0.3 is 0 Å². The van der Waals surface area contributed by atoms with Crippen LogP contribution >= 0.6 is 0 Å². The fourth-order valence-electron chi connectivity index (χ4n) is 5.51. The highest BCUT2D eigenvalue weighted by Gasteiger charge is 2.53. The molecule has 3 amide bonds. The van der Waals surface area contributed by atoms with Gasteiger partial charge in [0.05, 0.1) is 24.2 Å². The fourth-order valence-corrected chi connectivity index (χ4v) is 5.51. The molecule has 0 radical (unpaired) electrons. The fraction of sp³-hybridized carbons (Fsp3) is 0.560. The minimum absolute atomic E-state index is 0.0548. The van der Waals surface area contributed by atoms with Crippen molar-refractivity contribution in [3.63, 3.8) is 0 Å². The smallest absolute Gasteiger partial charge is 0.248 e. The molecule has 0 bridgehead atoms. The van der Waals surface area contributed by atoms with Crippen LogP contribution in [-0.2, 0) is 19.1 Å². The number of hydrogen-bond donors (Lipinski definition) is 3. The number of likely N-dealkylation sites (N-methyl/N-ethyl adjacent to an activating group) is 1. The Bertz CT molecular complexity index is 1120. The number of H-pyrrole nitrogens is 1. The summed E-state index contributed by atoms with van der Waals surface area (Å²) in [7, 11) is 3.18. The number of fused-ring (bicyclic) bond motifs is 2. The van der Waals surface area contributed by atoms with Gasteiger partial charge in [-0.2, -0.15) is 0 Å². The lowest BCUT2D eigenvalue weighted by Gasteiger charge is -2.34. The number of carbonyl (C=O) groups excluding carboxylic acids is 3. The lowest BCUT2D eigenvalue weighted by molar-refractivity contribution is -0.141. The van der Waals surface area contributed by atoms with E-state index < -0.39 is 18.2 Å². The van der Waals surface area contributed by atoms with Gasteiger partial charge in [-0.1, -0.05) is 0 Å². The number of likely N-dealkylation sites (tertiary alicyclic amines) is 2. The number of aromatic amines is 1. The summed E-state index contributed by atoms with van der Waals surface area (Å²) < 4.78 is 19.6. The van der Waals surface area contributed by atoms with Crippen LogP contribution in [-0.4, -0.2) is 90.0 Å². The average Bonchev–Trinajstić information content (AvgIpc) is 3.54. The van der Waals surface area contributed by atoms with Crippen LogP contribution in [0.4, 0.5) is 4.39 Å². The average molecular weight is 488 g/mol. The van der Waals surface area contributed by atoms with Crippen molar-refractivity contribution in [1.29, 1.82) is 0 Å². The number of ether oxygens (including phenoxy) is 1. The molecule has 0 saturated carbocycles. The molecule has 6 atom stereocenters. The molecular formula is C25H34FN5O4. The zero-order chi connectivity index (χ0) is 25.4. The van der Waals surface area contributed by atoms with Crippen LogP contribution in [0.5, 0.6) is 0 Å². The third-order valence-corrected chi connectivity index (χ3v) is 7.62. The number of nitrogens with zero attached hydrogens (tertiary/aromatic N) is 2. The van der Waals surface area contributed by atoms with Gasteiger partial charge in [-0.15, -0.1) is 0 Å². The summed E-state index contributed by atoms with van der Waals surface area (Å²) in [6.07, 6.45) is 1.93. The highest BCUT2D eigenvalue weighted by Crippen LogP contribution is 2.43. The van der Waals surface area contributed by atoms with Crippen molar-refractivity contribution in [3.05, 3.63) is 35.8 Å². The summed E-state index contributed by atoms with van der Waals surface area (Å²) in [6.45, 7) is 5.89. The molecular weight excluding hydrogens is 453 g/mol. The van der Waals surface area contributed by atoms with Gasteiger partial charge in [-0.05, 0) is 51.1 Å². The second kappa shape index (κ2) is 9.94. The Morgan fingerprint density at radius 1 is 1.23 bits per heavy atom. The van der Waals surface area contributed by atoms with E-state index in [4.69, 9.17) is 4.74 Å². The summed E-state index contributed by atoms with van der Waals surface area (Å²) in [5, 5.41) is 6.47. The second-order valence-corrected chi connectivity index (χ2v) is 9.53. The van der Waals surface area contributed by atoms with Crippen molar-refractivity contribution < 1.29 is 23.5 Å². The number of benzene rings is 1. The third-order valence-electron chi connectivity index (χ3n) is 7.62. The summed E-state index contributed by atoms with van der Waals surface area (Å²) in [5.41, 5.74) is 1.68. The summed E-state index contributed by atoms with van der Waals surface area (Å²) >= 11 is 0. The quantitative estimate of drug-likeness (QED) is 0.547. The van der Waals surface area contributed by atoms with Crippen LogP contribution in [0.15, 0.2) is 24.4 Å². The first-order valence-corrected chi connectivity index (χ1v) is 12.0. The summed E-state index contributed by atoms with van der Waals surface area (Å²) in [4.78, 5) is 45.8. The van der Waals surface area contributed by atoms with Gasteiger partial charge in [0.1, 0.15) is 11.9 Å². The Morgan fingerprint density at radius 3 is 2.63 bits per heavy atom. The second-order valence-electron chi connectivity index (χ2n) is 9.53. The Kier molecular flexibility index (Phi) is 7.14. The molecule has 4 rings (SSSR count). The van der Waals surface area contributed by atoms with Crippen molar-refractivity contribution in [1.82, 2.24) is 25.4 Å². The Labute approximate surface area is 204 Å². The van der Waals surface area contributed by atoms with Gasteiger partial charge < -0.3 is 30.2 Å². The molecule has 2 aliphatic rings. The van der Waals surface area contributed by atoms with Gasteiger partial charge in [0.2, 0.25) is 17.7 Å². The molecule has 2 aliphatic heterocycles. The molecule has 3 N–H and O–H groups in total. The van der Waals surface area contributed by atoms with Crippen LogP contribution < -0.4 is 10.6 Å². The first kappa shape index (κ1) is 25.1. The largest absolute Gasteiger partial charge is 0.379 e. The van der Waals surface area contributed by atoms with E-state index in [0.29, 0.717) is 19.5 Å². The van der Waals surface area contributed by atoms with Crippen LogP contribution in [0.1, 0.15) is 38.7 Å². The van der Waals surface area contributed by atoms with E-state index in [1.165, 1.54) is 26.2 Å². The first-order chi connectivity index (χ1) is 16.7. The Hall–Kier alpha value is -2.98. The molecule has 35 heavy (non-hydrogen) atoms. The summed E-state index contributed by atoms with van der Waals surface area (Å²) in [6, 6.07) is 2.78. The van der Waals surface area contributed by atoms with Gasteiger partial charge in [0.25, 0.3) is 0 Å². The molecule has 1 aromatic heterocycles. The topological polar surface area (TPSA) is 107 Å². The maximum absolute atomic E-state index is 14.1. The predicted molar refractivity (Wildman–Crippen MR) is 129 cm³/mol. The minimum Gasteiger partial charge on any atom is -0.379 e. The zero-order valence-corrected chi connectivity index (χ0v) is 20.8. The molecule has 3 heterocycles. The molecule has 10 heteroatoms. The number of methoxy groups -OCH3 is 1. The lowest BCUT2D eigenvalue weighted by atomic mass is 9.91. The van der Waals surface area contributed by atoms with E-state index >= 15 is 0 Å². The maximum Gasteiger partial charge on any atom is 0.248 e. The number of nitrogens with one attached hydrogen (secondary N) is 3.